The van der Waals surface area contributed by atoms with Crippen molar-refractivity contribution in [1.29, 1.82) is 0 Å². The second-order valence-corrected chi connectivity index (χ2v) is 16.1. The van der Waals surface area contributed by atoms with Crippen LogP contribution in [-0.2, 0) is 4.79 Å². The third kappa shape index (κ3) is 7.07. The van der Waals surface area contributed by atoms with Gasteiger partial charge in [-0.05, 0) is 156 Å². The summed E-state index contributed by atoms with van der Waals surface area (Å²) >= 11 is 0. The van der Waals surface area contributed by atoms with Gasteiger partial charge < -0.3 is 26.8 Å². The maximum atomic E-state index is 12.8. The molecular formula is C36H66N4O2. The predicted octanol–water partition coefficient (Wildman–Crippen LogP) is 5.77. The molecule has 1 amide bonds. The minimum absolute atomic E-state index is 0.140. The predicted molar refractivity (Wildman–Crippen MR) is 173 cm³/mol. The van der Waals surface area contributed by atoms with Gasteiger partial charge in [0, 0.05) is 18.5 Å². The summed E-state index contributed by atoms with van der Waals surface area (Å²) in [5, 5.41) is 22.5. The van der Waals surface area contributed by atoms with Gasteiger partial charge in [0.25, 0.3) is 0 Å². The SMILES string of the molecule is C[C@H](CCC(=O)NC1CCCCC1)[C@H]1CCC2C3C(CC[C@@]21C)[C@@]1(C)CC[C@H](NCCCNCCCN)CC1C[C@H]3O. The Morgan fingerprint density at radius 3 is 2.40 bits per heavy atom. The van der Waals surface area contributed by atoms with Crippen molar-refractivity contribution < 1.29 is 9.90 Å². The van der Waals surface area contributed by atoms with Crippen LogP contribution >= 0.6 is 0 Å². The third-order valence-corrected chi connectivity index (χ3v) is 13.8. The van der Waals surface area contributed by atoms with Crippen LogP contribution < -0.4 is 21.7 Å². The number of aliphatic hydroxyl groups is 1. The molecule has 0 heterocycles. The van der Waals surface area contributed by atoms with Gasteiger partial charge in [0.1, 0.15) is 0 Å². The molecule has 0 spiro atoms. The molecule has 6 heteroatoms. The lowest BCUT2D eigenvalue weighted by Gasteiger charge is -2.62. The molecule has 10 atom stereocenters. The standard InChI is InChI=1S/C36H66N4O2/c1-25(11-14-33(42)40-27-9-5-4-6-10-27)29-12-13-30-34-31(16-18-36(29,30)3)35(2)17-15-28(23-26(35)24-32(34)41)39-22-8-21-38-20-7-19-37/h25-32,34,38-39,41H,4-24,37H2,1-3H3,(H,40,42)/t25-,26?,28+,29-,30?,31?,32-,34?,35+,36-/m1/s1. The van der Waals surface area contributed by atoms with Crippen molar-refractivity contribution in [2.75, 3.05) is 26.2 Å². The molecule has 0 aromatic carbocycles. The molecule has 6 N–H and O–H groups in total. The fraction of sp³-hybridized carbons (Fsp3) is 0.972. The summed E-state index contributed by atoms with van der Waals surface area (Å²) in [5.74, 6) is 3.99. The summed E-state index contributed by atoms with van der Waals surface area (Å²) in [4.78, 5) is 12.8. The van der Waals surface area contributed by atoms with Gasteiger partial charge in [-0.1, -0.05) is 40.0 Å². The monoisotopic (exact) mass is 587 g/mol. The highest BCUT2D eigenvalue weighted by atomic mass is 16.3. The third-order valence-electron chi connectivity index (χ3n) is 13.8. The van der Waals surface area contributed by atoms with E-state index in [1.807, 2.05) is 0 Å². The summed E-state index contributed by atoms with van der Waals surface area (Å²) in [6, 6.07) is 1.03. The molecular weight excluding hydrogens is 520 g/mol. The Morgan fingerprint density at radius 1 is 0.881 bits per heavy atom. The molecule has 0 aromatic heterocycles. The number of rotatable bonds is 13. The Morgan fingerprint density at radius 2 is 1.62 bits per heavy atom. The molecule has 0 radical (unpaired) electrons. The number of carbonyl (C=O) groups excluding carboxylic acids is 1. The molecule has 0 saturated heterocycles. The van der Waals surface area contributed by atoms with Crippen molar-refractivity contribution in [2.24, 2.45) is 52.1 Å². The van der Waals surface area contributed by atoms with Gasteiger partial charge in [0.15, 0.2) is 0 Å². The summed E-state index contributed by atoms with van der Waals surface area (Å²) in [7, 11) is 0. The quantitative estimate of drug-likeness (QED) is 0.177. The molecule has 5 rings (SSSR count). The molecule has 0 aliphatic heterocycles. The molecule has 6 nitrogen and oxygen atoms in total. The molecule has 242 valence electrons. The van der Waals surface area contributed by atoms with Gasteiger partial charge in [-0.2, -0.15) is 0 Å². The van der Waals surface area contributed by atoms with E-state index in [1.165, 1.54) is 83.5 Å². The number of hydrogen-bond donors (Lipinski definition) is 5. The highest BCUT2D eigenvalue weighted by Crippen LogP contribution is 2.68. The molecule has 5 aliphatic carbocycles. The van der Waals surface area contributed by atoms with Crippen LogP contribution in [0.2, 0.25) is 0 Å². The van der Waals surface area contributed by atoms with Gasteiger partial charge in [-0.3, -0.25) is 4.79 Å². The van der Waals surface area contributed by atoms with E-state index in [0.29, 0.717) is 64.8 Å². The topological polar surface area (TPSA) is 99.4 Å². The van der Waals surface area contributed by atoms with Crippen LogP contribution in [0.25, 0.3) is 0 Å². The highest BCUT2D eigenvalue weighted by Gasteiger charge is 2.62. The normalized spacial score (nSPS) is 41.0. The van der Waals surface area contributed by atoms with Crippen molar-refractivity contribution in [2.45, 2.75) is 148 Å². The smallest absolute Gasteiger partial charge is 0.220 e. The van der Waals surface area contributed by atoms with Crippen LogP contribution in [0.5, 0.6) is 0 Å². The van der Waals surface area contributed by atoms with Crippen LogP contribution in [-0.4, -0.2) is 55.4 Å². The van der Waals surface area contributed by atoms with Crippen molar-refractivity contribution >= 4 is 5.91 Å². The second kappa shape index (κ2) is 14.6. The van der Waals surface area contributed by atoms with Crippen LogP contribution in [0.3, 0.4) is 0 Å². The Kier molecular flexibility index (Phi) is 11.4. The first-order valence-electron chi connectivity index (χ1n) is 18.4. The lowest BCUT2D eigenvalue weighted by molar-refractivity contribution is -0.167. The first-order chi connectivity index (χ1) is 20.3. The molecule has 42 heavy (non-hydrogen) atoms. The number of aliphatic hydroxyl groups excluding tert-OH is 1. The highest BCUT2D eigenvalue weighted by molar-refractivity contribution is 5.76. The van der Waals surface area contributed by atoms with Crippen LogP contribution in [0.4, 0.5) is 0 Å². The maximum Gasteiger partial charge on any atom is 0.220 e. The van der Waals surface area contributed by atoms with Gasteiger partial charge in [-0.25, -0.2) is 0 Å². The van der Waals surface area contributed by atoms with Crippen LogP contribution in [0, 0.1) is 46.3 Å². The van der Waals surface area contributed by atoms with Crippen LogP contribution in [0.15, 0.2) is 0 Å². The number of nitrogens with two attached hydrogens (primary N) is 1. The molecule has 0 bridgehead atoms. The van der Waals surface area contributed by atoms with Gasteiger partial charge in [-0.15, -0.1) is 0 Å². The van der Waals surface area contributed by atoms with E-state index in [1.54, 1.807) is 0 Å². The summed E-state index contributed by atoms with van der Waals surface area (Å²) < 4.78 is 0. The van der Waals surface area contributed by atoms with Gasteiger partial charge in [0.05, 0.1) is 6.10 Å². The zero-order valence-electron chi connectivity index (χ0n) is 27.5. The van der Waals surface area contributed by atoms with E-state index in [2.05, 4.69) is 36.7 Å². The fourth-order valence-electron chi connectivity index (χ4n) is 11.4. The number of nitrogens with one attached hydrogen (secondary N) is 3. The van der Waals surface area contributed by atoms with E-state index < -0.39 is 0 Å². The summed E-state index contributed by atoms with van der Waals surface area (Å²) in [6.07, 6.45) is 20.0. The average molecular weight is 587 g/mol. The van der Waals surface area contributed by atoms with E-state index in [-0.39, 0.29) is 12.0 Å². The number of fused-ring (bicyclic) bond motifs is 5. The zero-order chi connectivity index (χ0) is 29.7. The molecule has 5 aliphatic rings. The Labute approximate surface area is 257 Å². The lowest BCUT2D eigenvalue weighted by atomic mass is 9.43. The second-order valence-electron chi connectivity index (χ2n) is 16.1. The van der Waals surface area contributed by atoms with E-state index >= 15 is 0 Å². The van der Waals surface area contributed by atoms with E-state index in [0.717, 1.165) is 45.4 Å². The van der Waals surface area contributed by atoms with Crippen molar-refractivity contribution in [3.8, 4) is 0 Å². The lowest BCUT2D eigenvalue weighted by Crippen LogP contribution is -2.59. The average Bonchev–Trinajstić information content (AvgIpc) is 3.34. The zero-order valence-corrected chi connectivity index (χ0v) is 27.5. The van der Waals surface area contributed by atoms with E-state index in [9.17, 15) is 9.90 Å². The van der Waals surface area contributed by atoms with Crippen molar-refractivity contribution in [3.05, 3.63) is 0 Å². The molecule has 4 unspecified atom stereocenters. The van der Waals surface area contributed by atoms with Gasteiger partial charge >= 0.3 is 0 Å². The van der Waals surface area contributed by atoms with Crippen molar-refractivity contribution in [1.82, 2.24) is 16.0 Å². The Hall–Kier alpha value is -0.690. The first kappa shape index (κ1) is 32.7. The first-order valence-corrected chi connectivity index (χ1v) is 18.4. The Balaban J connectivity index is 1.12. The minimum Gasteiger partial charge on any atom is -0.393 e. The molecule has 5 saturated carbocycles. The number of amides is 1. The summed E-state index contributed by atoms with van der Waals surface area (Å²) in [6.45, 7) is 11.6. The number of carbonyl (C=O) groups is 1. The van der Waals surface area contributed by atoms with Crippen molar-refractivity contribution in [3.63, 3.8) is 0 Å². The minimum atomic E-state index is -0.140. The van der Waals surface area contributed by atoms with Crippen LogP contribution in [0.1, 0.15) is 130 Å². The largest absolute Gasteiger partial charge is 0.393 e. The molecule has 5 fully saturated rings. The molecule has 0 aromatic rings. The fourth-order valence-corrected chi connectivity index (χ4v) is 11.4. The Bertz CT molecular complexity index is 863. The van der Waals surface area contributed by atoms with Gasteiger partial charge in [0.2, 0.25) is 5.91 Å². The maximum absolute atomic E-state index is 12.8. The number of hydrogen-bond acceptors (Lipinski definition) is 5. The van der Waals surface area contributed by atoms with E-state index in [4.69, 9.17) is 5.73 Å². The summed E-state index contributed by atoms with van der Waals surface area (Å²) in [5.41, 5.74) is 6.30.